The monoisotopic (exact) mass is 308 g/mol. The van der Waals surface area contributed by atoms with Gasteiger partial charge in [0.1, 0.15) is 0 Å². The van der Waals surface area contributed by atoms with Crippen LogP contribution in [0.2, 0.25) is 0 Å². The van der Waals surface area contributed by atoms with Crippen LogP contribution in [-0.2, 0) is 10.4 Å². The Morgan fingerprint density at radius 3 is 1.53 bits per heavy atom. The van der Waals surface area contributed by atoms with Crippen molar-refractivity contribution in [2.75, 3.05) is 0 Å². The molecule has 0 aromatic rings. The maximum atomic E-state index is 8.52. The Morgan fingerprint density at radius 2 is 1.21 bits per heavy atom. The molecule has 0 saturated carbocycles. The van der Waals surface area contributed by atoms with E-state index < -0.39 is 10.4 Å². The van der Waals surface area contributed by atoms with Crippen LogP contribution < -0.4 is 59.1 Å². The van der Waals surface area contributed by atoms with Crippen molar-refractivity contribution in [1.82, 2.24) is 0 Å². The molecule has 0 spiro atoms. The molecule has 0 aromatic heterocycles. The Labute approximate surface area is 162 Å². The molecule has 0 aromatic carbocycles. The molecule has 0 bridgehead atoms. The van der Waals surface area contributed by atoms with Gasteiger partial charge >= 0.3 is 59.1 Å². The molecule has 0 fully saturated rings. The third kappa shape index (κ3) is 54.3. The van der Waals surface area contributed by atoms with Gasteiger partial charge in [0.05, 0.1) is 0 Å². The molecule has 0 rings (SSSR count). The van der Waals surface area contributed by atoms with Crippen molar-refractivity contribution >= 4 is 10.4 Å². The number of terminal acetylenes is 1. The van der Waals surface area contributed by atoms with Crippen LogP contribution in [0.5, 0.6) is 0 Å². The minimum absolute atomic E-state index is 0. The van der Waals surface area contributed by atoms with Gasteiger partial charge in [-0.25, -0.2) is 0 Å². The first-order chi connectivity index (χ1) is 7.91. The van der Waals surface area contributed by atoms with E-state index in [1.807, 2.05) is 0 Å². The van der Waals surface area contributed by atoms with Crippen molar-refractivity contribution in [1.29, 1.82) is 0 Å². The summed E-state index contributed by atoms with van der Waals surface area (Å²) in [6, 6.07) is 0. The zero-order chi connectivity index (χ0) is 13.6. The third-order valence-electron chi connectivity index (χ3n) is 2.17. The minimum atomic E-state index is -5.17. The second kappa shape index (κ2) is 21.7. The molecule has 0 heterocycles. The smallest absolute Gasteiger partial charge is 0.759 e. The third-order valence-corrected chi connectivity index (χ3v) is 2.17. The van der Waals surface area contributed by atoms with Gasteiger partial charge in [-0.3, -0.25) is 8.42 Å². The molecule has 0 N–H and O–H groups in total. The minimum Gasteiger partial charge on any atom is -0.759 e. The van der Waals surface area contributed by atoms with Crippen LogP contribution in [0.15, 0.2) is 0 Å². The summed E-state index contributed by atoms with van der Waals surface area (Å²) in [5.41, 5.74) is 0. The first kappa shape index (κ1) is 28.6. The molecule has 0 unspecified atom stereocenters. The van der Waals surface area contributed by atoms with E-state index in [-0.39, 0.29) is 59.1 Å². The SMILES string of the molecule is C#CCCCCCCCCCC.O=S(=O)([O-])[O-].[Na+].[Na+]. The van der Waals surface area contributed by atoms with Crippen molar-refractivity contribution in [3.05, 3.63) is 0 Å². The molecule has 0 saturated heterocycles. The van der Waals surface area contributed by atoms with E-state index in [2.05, 4.69) is 12.8 Å². The van der Waals surface area contributed by atoms with Gasteiger partial charge in [-0.2, -0.15) is 0 Å². The van der Waals surface area contributed by atoms with E-state index in [0.29, 0.717) is 0 Å². The standard InChI is InChI=1S/C12H22.2Na.H2O4S/c1-3-5-7-9-11-12-10-8-6-4-2;;;1-5(2,3)4/h1H,4-12H2,2H3;;;(H2,1,2,3,4)/q;2*+1;/p-2. The normalized spacial score (nSPS) is 9.16. The van der Waals surface area contributed by atoms with Gasteiger partial charge in [0, 0.05) is 16.8 Å². The molecule has 0 atom stereocenters. The van der Waals surface area contributed by atoms with Crippen LogP contribution in [0.1, 0.15) is 64.7 Å². The Balaban J connectivity index is -0.000000139. The van der Waals surface area contributed by atoms with Gasteiger partial charge in [0.2, 0.25) is 0 Å². The van der Waals surface area contributed by atoms with Crippen molar-refractivity contribution in [3.8, 4) is 12.3 Å². The first-order valence-corrected chi connectivity index (χ1v) is 7.35. The van der Waals surface area contributed by atoms with Crippen LogP contribution in [0, 0.1) is 12.3 Å². The van der Waals surface area contributed by atoms with E-state index >= 15 is 0 Å². The van der Waals surface area contributed by atoms with Crippen LogP contribution in [0.25, 0.3) is 0 Å². The van der Waals surface area contributed by atoms with Gasteiger partial charge in [0.25, 0.3) is 0 Å². The number of hydrogen-bond acceptors (Lipinski definition) is 4. The fourth-order valence-electron chi connectivity index (χ4n) is 1.36. The predicted octanol–water partition coefficient (Wildman–Crippen LogP) is -3.18. The topological polar surface area (TPSA) is 80.3 Å². The molecular formula is C12H22Na2O4S. The summed E-state index contributed by atoms with van der Waals surface area (Å²) in [7, 11) is -5.17. The summed E-state index contributed by atoms with van der Waals surface area (Å²) in [5.74, 6) is 2.68. The van der Waals surface area contributed by atoms with Crippen molar-refractivity contribution < 1.29 is 76.6 Å². The molecule has 7 heteroatoms. The average Bonchev–Trinajstić information content (AvgIpc) is 2.20. The Bertz CT molecular complexity index is 279. The second-order valence-electron chi connectivity index (χ2n) is 3.84. The van der Waals surface area contributed by atoms with Crippen LogP contribution in [0.3, 0.4) is 0 Å². The molecular weight excluding hydrogens is 286 g/mol. The quantitative estimate of drug-likeness (QED) is 0.156. The maximum absolute atomic E-state index is 8.52. The summed E-state index contributed by atoms with van der Waals surface area (Å²) in [6.07, 6.45) is 17.1. The van der Waals surface area contributed by atoms with Gasteiger partial charge in [0.15, 0.2) is 0 Å². The first-order valence-electron chi connectivity index (χ1n) is 6.02. The van der Waals surface area contributed by atoms with Gasteiger partial charge in [-0.05, 0) is 6.42 Å². The Morgan fingerprint density at radius 1 is 0.895 bits per heavy atom. The maximum Gasteiger partial charge on any atom is 1.00 e. The number of hydrogen-bond donors (Lipinski definition) is 0. The molecule has 0 radical (unpaired) electrons. The fourth-order valence-corrected chi connectivity index (χ4v) is 1.36. The van der Waals surface area contributed by atoms with E-state index in [9.17, 15) is 0 Å². The summed E-state index contributed by atoms with van der Waals surface area (Å²) in [4.78, 5) is 0. The zero-order valence-corrected chi connectivity index (χ0v) is 17.3. The van der Waals surface area contributed by atoms with E-state index in [4.69, 9.17) is 23.9 Å². The predicted molar refractivity (Wildman–Crippen MR) is 66.5 cm³/mol. The van der Waals surface area contributed by atoms with E-state index in [0.717, 1.165) is 6.42 Å². The summed E-state index contributed by atoms with van der Waals surface area (Å²) < 4.78 is 34.1. The van der Waals surface area contributed by atoms with E-state index in [1.165, 1.54) is 51.4 Å². The molecule has 0 aliphatic rings. The zero-order valence-electron chi connectivity index (χ0n) is 12.5. The molecule has 0 amide bonds. The van der Waals surface area contributed by atoms with Crippen molar-refractivity contribution in [2.24, 2.45) is 0 Å². The molecule has 0 aliphatic carbocycles. The Kier molecular flexibility index (Phi) is 32.7. The summed E-state index contributed by atoms with van der Waals surface area (Å²) in [6.45, 7) is 2.26. The van der Waals surface area contributed by atoms with Gasteiger partial charge < -0.3 is 9.11 Å². The molecule has 102 valence electrons. The van der Waals surface area contributed by atoms with Gasteiger partial charge in [-0.1, -0.05) is 51.9 Å². The molecule has 4 nitrogen and oxygen atoms in total. The second-order valence-corrected chi connectivity index (χ2v) is 4.65. The number of rotatable bonds is 8. The Hall–Kier alpha value is 1.43. The van der Waals surface area contributed by atoms with Crippen LogP contribution in [0.4, 0.5) is 0 Å². The molecule has 19 heavy (non-hydrogen) atoms. The molecule has 0 aliphatic heterocycles. The summed E-state index contributed by atoms with van der Waals surface area (Å²) in [5, 5.41) is 0. The summed E-state index contributed by atoms with van der Waals surface area (Å²) >= 11 is 0. The van der Waals surface area contributed by atoms with E-state index in [1.54, 1.807) is 0 Å². The largest absolute Gasteiger partial charge is 1.00 e. The van der Waals surface area contributed by atoms with Gasteiger partial charge in [-0.15, -0.1) is 12.3 Å². The van der Waals surface area contributed by atoms with Crippen LogP contribution >= 0.6 is 0 Å². The fraction of sp³-hybridized carbons (Fsp3) is 0.833. The average molecular weight is 308 g/mol. The number of unbranched alkanes of at least 4 members (excludes halogenated alkanes) is 8. The van der Waals surface area contributed by atoms with Crippen molar-refractivity contribution in [3.63, 3.8) is 0 Å². The van der Waals surface area contributed by atoms with Crippen LogP contribution in [-0.4, -0.2) is 17.5 Å². The van der Waals surface area contributed by atoms with Crippen molar-refractivity contribution in [2.45, 2.75) is 64.7 Å².